The number of nitrogen functional groups attached to an aromatic ring is 1. The van der Waals surface area contributed by atoms with Crippen LogP contribution in [0.2, 0.25) is 0 Å². The second-order valence-corrected chi connectivity index (χ2v) is 13.2. The molecule has 43 heavy (non-hydrogen) atoms. The van der Waals surface area contributed by atoms with Crippen molar-refractivity contribution in [1.82, 2.24) is 14.8 Å². The molecule has 0 radical (unpaired) electrons. The van der Waals surface area contributed by atoms with E-state index in [2.05, 4.69) is 49.8 Å². The van der Waals surface area contributed by atoms with Gasteiger partial charge in [-0.15, -0.1) is 0 Å². The average Bonchev–Trinajstić information content (AvgIpc) is 2.90. The van der Waals surface area contributed by atoms with Crippen molar-refractivity contribution in [2.24, 2.45) is 5.41 Å². The van der Waals surface area contributed by atoms with Crippen LogP contribution < -0.4 is 11.1 Å². The summed E-state index contributed by atoms with van der Waals surface area (Å²) in [7, 11) is 0. The molecule has 1 saturated heterocycles. The summed E-state index contributed by atoms with van der Waals surface area (Å²) in [5.74, 6) is -0.412. The smallest absolute Gasteiger partial charge is 0.148 e. The van der Waals surface area contributed by atoms with E-state index in [1.54, 1.807) is 19.2 Å². The first kappa shape index (κ1) is 38.4. The Hall–Kier alpha value is -2.58. The van der Waals surface area contributed by atoms with Crippen molar-refractivity contribution in [2.75, 3.05) is 43.8 Å². The largest absolute Gasteiger partial charge is 0.398 e. The van der Waals surface area contributed by atoms with Gasteiger partial charge in [-0.05, 0) is 55.3 Å². The highest BCUT2D eigenvalue weighted by atomic mass is 19.1. The first-order chi connectivity index (χ1) is 19.8. The first-order valence-corrected chi connectivity index (χ1v) is 15.7. The van der Waals surface area contributed by atoms with Crippen LogP contribution in [0.5, 0.6) is 0 Å². The van der Waals surface area contributed by atoms with Gasteiger partial charge < -0.3 is 16.5 Å². The van der Waals surface area contributed by atoms with E-state index in [1.807, 2.05) is 31.7 Å². The van der Waals surface area contributed by atoms with E-state index in [0.29, 0.717) is 47.8 Å². The zero-order valence-corrected chi connectivity index (χ0v) is 27.6. The molecular weight excluding hydrogens is 542 g/mol. The first-order valence-electron chi connectivity index (χ1n) is 15.7. The molecule has 6 nitrogen and oxygen atoms in total. The van der Waals surface area contributed by atoms with Gasteiger partial charge in [-0.3, -0.25) is 14.8 Å². The Morgan fingerprint density at radius 1 is 1.14 bits per heavy atom. The molecule has 2 aliphatic heterocycles. The van der Waals surface area contributed by atoms with Crippen LogP contribution in [-0.4, -0.2) is 65.4 Å². The lowest BCUT2D eigenvalue weighted by atomic mass is 9.85. The van der Waals surface area contributed by atoms with Crippen LogP contribution in [0, 0.1) is 16.6 Å². The zero-order chi connectivity index (χ0) is 31.7. The standard InChI is InChI=1S/C27H38F2N6.C5H12.C2H6.CH4/c1-4-6-10-34-15-19(16-34)33-18-12-23(28)25(32-14-18)26-21-7-8-24(31)22(13-30)20(21)9-11-35(26)17-27(3,29)5-2;1-5(2,3)4;1-2;/h7-8,12-14,19,26,30,33H,4-6,9-11,15-17,31H2,1-3H3;1-4H3;1-2H3;1H4. The molecule has 8 heteroatoms. The summed E-state index contributed by atoms with van der Waals surface area (Å²) in [6.07, 6.45) is 6.30. The highest BCUT2D eigenvalue weighted by Crippen LogP contribution is 2.39. The van der Waals surface area contributed by atoms with Gasteiger partial charge in [-0.2, -0.15) is 0 Å². The molecule has 2 aliphatic rings. The Morgan fingerprint density at radius 2 is 1.77 bits per heavy atom. The maximum atomic E-state index is 15.6. The van der Waals surface area contributed by atoms with E-state index in [0.717, 1.165) is 30.8 Å². The Kier molecular flexibility index (Phi) is 15.2. The van der Waals surface area contributed by atoms with Crippen molar-refractivity contribution >= 4 is 17.6 Å². The Balaban J connectivity index is 0.00000105. The molecule has 4 N–H and O–H groups in total. The number of nitrogens with zero attached hydrogens (tertiary/aromatic N) is 3. The Morgan fingerprint density at radius 3 is 2.30 bits per heavy atom. The van der Waals surface area contributed by atoms with E-state index < -0.39 is 17.5 Å². The van der Waals surface area contributed by atoms with E-state index in [9.17, 15) is 0 Å². The lowest BCUT2D eigenvalue weighted by Gasteiger charge is -2.41. The number of alkyl halides is 1. The Labute approximate surface area is 261 Å². The average molecular weight is 603 g/mol. The molecule has 244 valence electrons. The number of hydrogen-bond donors (Lipinski definition) is 3. The molecule has 1 aromatic carbocycles. The number of halogens is 2. The van der Waals surface area contributed by atoms with Crippen LogP contribution >= 0.6 is 0 Å². The number of nitrogens with two attached hydrogens (primary N) is 1. The lowest BCUT2D eigenvalue weighted by Crippen LogP contribution is -2.54. The molecule has 3 heterocycles. The van der Waals surface area contributed by atoms with E-state index in [4.69, 9.17) is 11.1 Å². The van der Waals surface area contributed by atoms with Crippen molar-refractivity contribution in [2.45, 2.75) is 113 Å². The molecule has 0 spiro atoms. The third kappa shape index (κ3) is 11.1. The number of anilines is 2. The summed E-state index contributed by atoms with van der Waals surface area (Å²) in [5, 5.41) is 11.2. The number of pyridine rings is 1. The van der Waals surface area contributed by atoms with Crippen LogP contribution in [0.4, 0.5) is 20.2 Å². The highest BCUT2D eigenvalue weighted by Gasteiger charge is 2.37. The van der Waals surface area contributed by atoms with Crippen molar-refractivity contribution in [3.63, 3.8) is 0 Å². The SMILES string of the molecule is C.CC.CC(C)(C)C.CCCCN1CC(Nc2cnc(C3c4ccc(N)c(C=N)c4CCN3CC(C)(F)CC)c(F)c2)C1. The van der Waals surface area contributed by atoms with Crippen molar-refractivity contribution < 1.29 is 8.78 Å². The predicted molar refractivity (Wildman–Crippen MR) is 182 cm³/mol. The number of benzene rings is 1. The fraction of sp³-hybridized carbons (Fsp3) is 0.657. The van der Waals surface area contributed by atoms with Crippen LogP contribution in [0.25, 0.3) is 0 Å². The summed E-state index contributed by atoms with van der Waals surface area (Å²) in [6, 6.07) is 4.89. The van der Waals surface area contributed by atoms with Gasteiger partial charge in [0, 0.05) is 49.7 Å². The van der Waals surface area contributed by atoms with Gasteiger partial charge in [0.15, 0.2) is 0 Å². The van der Waals surface area contributed by atoms with Crippen molar-refractivity contribution in [1.29, 1.82) is 5.41 Å². The number of nitrogens with one attached hydrogen (secondary N) is 2. The fourth-order valence-corrected chi connectivity index (χ4v) is 5.20. The molecule has 1 fully saturated rings. The van der Waals surface area contributed by atoms with Crippen LogP contribution in [0.3, 0.4) is 0 Å². The fourth-order valence-electron chi connectivity index (χ4n) is 5.20. The minimum atomic E-state index is -1.40. The van der Waals surface area contributed by atoms with Crippen LogP contribution in [0.1, 0.15) is 117 Å². The topological polar surface area (TPSA) is 81.3 Å². The van der Waals surface area contributed by atoms with Crippen molar-refractivity contribution in [3.8, 4) is 0 Å². The second-order valence-electron chi connectivity index (χ2n) is 13.2. The van der Waals surface area contributed by atoms with E-state index in [1.165, 1.54) is 25.1 Å². The number of rotatable bonds is 10. The normalized spacial score (nSPS) is 18.3. The quantitative estimate of drug-likeness (QED) is 0.188. The lowest BCUT2D eigenvalue weighted by molar-refractivity contribution is 0.0805. The summed E-state index contributed by atoms with van der Waals surface area (Å²) >= 11 is 0. The monoisotopic (exact) mass is 602 g/mol. The summed E-state index contributed by atoms with van der Waals surface area (Å²) in [6.45, 7) is 22.1. The van der Waals surface area contributed by atoms with Gasteiger partial charge in [0.1, 0.15) is 11.5 Å². The summed E-state index contributed by atoms with van der Waals surface area (Å²) in [4.78, 5) is 8.93. The van der Waals surface area contributed by atoms with Gasteiger partial charge in [0.25, 0.3) is 0 Å². The van der Waals surface area contributed by atoms with Crippen LogP contribution in [-0.2, 0) is 6.42 Å². The molecule has 4 rings (SSSR count). The highest BCUT2D eigenvalue weighted by molar-refractivity contribution is 5.88. The van der Waals surface area contributed by atoms with Gasteiger partial charge >= 0.3 is 0 Å². The number of unbranched alkanes of at least 4 members (excludes halogenated alkanes) is 1. The maximum absolute atomic E-state index is 15.6. The molecule has 0 aliphatic carbocycles. The number of hydrogen-bond acceptors (Lipinski definition) is 6. The predicted octanol–water partition coefficient (Wildman–Crippen LogP) is 8.50. The molecule has 2 aromatic rings. The molecule has 0 bridgehead atoms. The zero-order valence-electron chi connectivity index (χ0n) is 27.6. The third-order valence-corrected chi connectivity index (χ3v) is 7.43. The summed E-state index contributed by atoms with van der Waals surface area (Å²) in [5.41, 5.74) is 9.10. The van der Waals surface area contributed by atoms with Gasteiger partial charge in [-0.1, -0.05) is 75.3 Å². The Bertz CT molecular complexity index is 1130. The maximum Gasteiger partial charge on any atom is 0.148 e. The second kappa shape index (κ2) is 17.0. The van der Waals surface area contributed by atoms with Gasteiger partial charge in [0.2, 0.25) is 0 Å². The summed E-state index contributed by atoms with van der Waals surface area (Å²) < 4.78 is 30.7. The molecule has 0 saturated carbocycles. The third-order valence-electron chi connectivity index (χ3n) is 7.43. The number of aromatic nitrogens is 1. The molecule has 0 amide bonds. The van der Waals surface area contributed by atoms with Crippen LogP contribution in [0.15, 0.2) is 24.4 Å². The van der Waals surface area contributed by atoms with Crippen molar-refractivity contribution in [3.05, 3.63) is 52.6 Å². The molecule has 1 aromatic heterocycles. The van der Waals surface area contributed by atoms with E-state index >= 15 is 8.78 Å². The van der Waals surface area contributed by atoms with E-state index in [-0.39, 0.29) is 19.7 Å². The molecular formula is C35H60F2N6. The van der Waals surface area contributed by atoms with Gasteiger partial charge in [0.05, 0.1) is 29.7 Å². The number of likely N-dealkylation sites (tertiary alicyclic amines) is 1. The minimum absolute atomic E-state index is 0. The number of fused-ring (bicyclic) bond motifs is 1. The minimum Gasteiger partial charge on any atom is -0.398 e. The van der Waals surface area contributed by atoms with Gasteiger partial charge in [-0.25, -0.2) is 8.78 Å². The molecule has 2 atom stereocenters. The molecule has 2 unspecified atom stereocenters.